The third-order valence-electron chi connectivity index (χ3n) is 3.70. The van der Waals surface area contributed by atoms with E-state index in [1.165, 1.54) is 0 Å². The van der Waals surface area contributed by atoms with E-state index in [1.807, 2.05) is 24.3 Å². The summed E-state index contributed by atoms with van der Waals surface area (Å²) in [5, 5.41) is 13.4. The van der Waals surface area contributed by atoms with Crippen LogP contribution in [0.3, 0.4) is 0 Å². The molecule has 0 spiro atoms. The number of amides is 1. The molecule has 3 rings (SSSR count). The summed E-state index contributed by atoms with van der Waals surface area (Å²) in [6.45, 7) is 3.29. The van der Waals surface area contributed by atoms with Gasteiger partial charge in [0.2, 0.25) is 0 Å². The van der Waals surface area contributed by atoms with E-state index in [0.717, 1.165) is 29.7 Å². The average Bonchev–Trinajstić information content (AvgIpc) is 3.08. The smallest absolute Gasteiger partial charge is 0.251 e. The van der Waals surface area contributed by atoms with Gasteiger partial charge in [0, 0.05) is 12.1 Å². The van der Waals surface area contributed by atoms with Crippen LogP contribution >= 0.6 is 0 Å². The van der Waals surface area contributed by atoms with Gasteiger partial charge in [-0.2, -0.15) is 15.4 Å². The second-order valence-electron chi connectivity index (χ2n) is 5.56. The number of nitrogens with zero attached hydrogens (tertiary/aromatic N) is 2. The Bertz CT molecular complexity index is 829. The molecule has 0 bridgehead atoms. The zero-order chi connectivity index (χ0) is 16.8. The van der Waals surface area contributed by atoms with Crippen molar-refractivity contribution in [3.8, 4) is 5.75 Å². The zero-order valence-electron chi connectivity index (χ0n) is 13.6. The SMILES string of the molecule is CCCCOc1cccc(CNC(=O)c2ccc3n[nH]nc3c2)c1. The molecule has 6 nitrogen and oxygen atoms in total. The molecule has 0 aliphatic heterocycles. The van der Waals surface area contributed by atoms with Gasteiger partial charge in [0.15, 0.2) is 0 Å². The number of benzene rings is 2. The Hall–Kier alpha value is -2.89. The van der Waals surface area contributed by atoms with Gasteiger partial charge in [-0.3, -0.25) is 4.79 Å². The summed E-state index contributed by atoms with van der Waals surface area (Å²) >= 11 is 0. The Kier molecular flexibility index (Phi) is 5.05. The number of carbonyl (C=O) groups is 1. The van der Waals surface area contributed by atoms with Crippen LogP contribution in [-0.4, -0.2) is 27.9 Å². The zero-order valence-corrected chi connectivity index (χ0v) is 13.6. The fraction of sp³-hybridized carbons (Fsp3) is 0.278. The van der Waals surface area contributed by atoms with E-state index in [2.05, 4.69) is 27.7 Å². The number of hydrogen-bond acceptors (Lipinski definition) is 4. The molecular weight excluding hydrogens is 304 g/mol. The van der Waals surface area contributed by atoms with Crippen LogP contribution in [0.4, 0.5) is 0 Å². The van der Waals surface area contributed by atoms with E-state index in [-0.39, 0.29) is 5.91 Å². The van der Waals surface area contributed by atoms with Gasteiger partial charge < -0.3 is 10.1 Å². The molecule has 124 valence electrons. The van der Waals surface area contributed by atoms with Crippen molar-refractivity contribution in [3.63, 3.8) is 0 Å². The Balaban J connectivity index is 1.60. The van der Waals surface area contributed by atoms with E-state index in [1.54, 1.807) is 18.2 Å². The van der Waals surface area contributed by atoms with Crippen molar-refractivity contribution in [1.82, 2.24) is 20.7 Å². The summed E-state index contributed by atoms with van der Waals surface area (Å²) in [5.74, 6) is 0.691. The Labute approximate surface area is 140 Å². The minimum Gasteiger partial charge on any atom is -0.494 e. The fourth-order valence-corrected chi connectivity index (χ4v) is 2.35. The van der Waals surface area contributed by atoms with Crippen molar-refractivity contribution in [2.24, 2.45) is 0 Å². The van der Waals surface area contributed by atoms with E-state index in [9.17, 15) is 4.79 Å². The highest BCUT2D eigenvalue weighted by Crippen LogP contribution is 2.14. The molecular formula is C18H20N4O2. The fourth-order valence-electron chi connectivity index (χ4n) is 2.35. The summed E-state index contributed by atoms with van der Waals surface area (Å²) in [6, 6.07) is 13.0. The molecule has 1 amide bonds. The van der Waals surface area contributed by atoms with Crippen LogP contribution in [0, 0.1) is 0 Å². The molecule has 3 aromatic rings. The highest BCUT2D eigenvalue weighted by Gasteiger charge is 2.08. The van der Waals surface area contributed by atoms with Crippen LogP contribution in [0.15, 0.2) is 42.5 Å². The molecule has 0 aliphatic rings. The maximum atomic E-state index is 12.3. The van der Waals surface area contributed by atoms with Crippen molar-refractivity contribution in [1.29, 1.82) is 0 Å². The second-order valence-corrected chi connectivity index (χ2v) is 5.56. The predicted molar refractivity (Wildman–Crippen MR) is 91.9 cm³/mol. The van der Waals surface area contributed by atoms with Crippen molar-refractivity contribution >= 4 is 16.9 Å². The molecule has 24 heavy (non-hydrogen) atoms. The molecule has 2 N–H and O–H groups in total. The first-order chi connectivity index (χ1) is 11.8. The molecule has 0 fully saturated rings. The molecule has 0 radical (unpaired) electrons. The van der Waals surface area contributed by atoms with Crippen molar-refractivity contribution in [2.75, 3.05) is 6.61 Å². The number of rotatable bonds is 7. The lowest BCUT2D eigenvalue weighted by Gasteiger charge is -2.09. The van der Waals surface area contributed by atoms with Gasteiger partial charge in [0.1, 0.15) is 16.8 Å². The topological polar surface area (TPSA) is 79.9 Å². The number of ether oxygens (including phenoxy) is 1. The largest absolute Gasteiger partial charge is 0.494 e. The maximum Gasteiger partial charge on any atom is 0.251 e. The molecule has 0 saturated carbocycles. The monoisotopic (exact) mass is 324 g/mol. The first kappa shape index (κ1) is 16.0. The number of nitrogens with one attached hydrogen (secondary N) is 2. The number of aromatic amines is 1. The molecule has 0 unspecified atom stereocenters. The van der Waals surface area contributed by atoms with Crippen molar-refractivity contribution < 1.29 is 9.53 Å². The number of H-pyrrole nitrogens is 1. The summed E-state index contributed by atoms with van der Waals surface area (Å²) in [5.41, 5.74) is 2.98. The van der Waals surface area contributed by atoms with E-state index in [0.29, 0.717) is 24.2 Å². The molecule has 1 heterocycles. The standard InChI is InChI=1S/C18H20N4O2/c1-2-3-9-24-15-6-4-5-13(10-15)12-19-18(23)14-7-8-16-17(11-14)21-22-20-16/h4-8,10-11H,2-3,9,12H2,1H3,(H,19,23)(H,20,21,22). The molecule has 0 saturated heterocycles. The van der Waals surface area contributed by atoms with Crippen LogP contribution in [-0.2, 0) is 6.54 Å². The Morgan fingerprint density at radius 2 is 2.04 bits per heavy atom. The second kappa shape index (κ2) is 7.59. The quantitative estimate of drug-likeness (QED) is 0.655. The van der Waals surface area contributed by atoms with Crippen LogP contribution in [0.5, 0.6) is 5.75 Å². The number of carbonyl (C=O) groups excluding carboxylic acids is 1. The first-order valence-corrected chi connectivity index (χ1v) is 8.06. The van der Waals surface area contributed by atoms with E-state index >= 15 is 0 Å². The summed E-state index contributed by atoms with van der Waals surface area (Å²) in [6.07, 6.45) is 2.14. The van der Waals surface area contributed by atoms with Gasteiger partial charge in [-0.05, 0) is 42.3 Å². The lowest BCUT2D eigenvalue weighted by molar-refractivity contribution is 0.0951. The number of unbranched alkanes of at least 4 members (excludes halogenated alkanes) is 1. The maximum absolute atomic E-state index is 12.3. The van der Waals surface area contributed by atoms with Gasteiger partial charge in [0.25, 0.3) is 5.91 Å². The van der Waals surface area contributed by atoms with Gasteiger partial charge in [-0.15, -0.1) is 0 Å². The highest BCUT2D eigenvalue weighted by atomic mass is 16.5. The van der Waals surface area contributed by atoms with Gasteiger partial charge >= 0.3 is 0 Å². The predicted octanol–water partition coefficient (Wildman–Crippen LogP) is 3.07. The van der Waals surface area contributed by atoms with Crippen molar-refractivity contribution in [3.05, 3.63) is 53.6 Å². The number of hydrogen-bond donors (Lipinski definition) is 2. The van der Waals surface area contributed by atoms with Crippen LogP contribution in [0.1, 0.15) is 35.7 Å². The summed E-state index contributed by atoms with van der Waals surface area (Å²) in [4.78, 5) is 12.3. The number of fused-ring (bicyclic) bond motifs is 1. The van der Waals surface area contributed by atoms with Crippen LogP contribution < -0.4 is 10.1 Å². The Morgan fingerprint density at radius 1 is 1.17 bits per heavy atom. The molecule has 1 aromatic heterocycles. The molecule has 2 aromatic carbocycles. The van der Waals surface area contributed by atoms with E-state index in [4.69, 9.17) is 4.74 Å². The van der Waals surface area contributed by atoms with E-state index < -0.39 is 0 Å². The average molecular weight is 324 g/mol. The minimum atomic E-state index is -0.141. The van der Waals surface area contributed by atoms with Crippen LogP contribution in [0.25, 0.3) is 11.0 Å². The summed E-state index contributed by atoms with van der Waals surface area (Å²) < 4.78 is 5.69. The first-order valence-electron chi connectivity index (χ1n) is 8.06. The molecule has 0 atom stereocenters. The third kappa shape index (κ3) is 3.90. The van der Waals surface area contributed by atoms with Crippen molar-refractivity contribution in [2.45, 2.75) is 26.3 Å². The van der Waals surface area contributed by atoms with Crippen LogP contribution in [0.2, 0.25) is 0 Å². The Morgan fingerprint density at radius 3 is 2.92 bits per heavy atom. The normalized spacial score (nSPS) is 10.7. The summed E-state index contributed by atoms with van der Waals surface area (Å²) in [7, 11) is 0. The highest BCUT2D eigenvalue weighted by molar-refractivity contribution is 5.97. The molecule has 0 aliphatic carbocycles. The molecule has 6 heteroatoms. The third-order valence-corrected chi connectivity index (χ3v) is 3.70. The lowest BCUT2D eigenvalue weighted by Crippen LogP contribution is -2.22. The van der Waals surface area contributed by atoms with Gasteiger partial charge in [0.05, 0.1) is 6.61 Å². The lowest BCUT2D eigenvalue weighted by atomic mass is 10.1. The van der Waals surface area contributed by atoms with Gasteiger partial charge in [-0.1, -0.05) is 25.5 Å². The van der Waals surface area contributed by atoms with Gasteiger partial charge in [-0.25, -0.2) is 0 Å². The minimum absolute atomic E-state index is 0.141. The number of aromatic nitrogens is 3.